The molecule has 1 aromatic carbocycles. The molecule has 0 spiro atoms. The molecule has 0 saturated carbocycles. The van der Waals surface area contributed by atoms with Crippen LogP contribution in [0.1, 0.15) is 18.1 Å². The van der Waals surface area contributed by atoms with Crippen molar-refractivity contribution in [2.24, 2.45) is 0 Å². The summed E-state index contributed by atoms with van der Waals surface area (Å²) < 4.78 is 10.5. The van der Waals surface area contributed by atoms with Crippen molar-refractivity contribution in [1.29, 1.82) is 0 Å². The fraction of sp³-hybridized carbons (Fsp3) is 0.500. The first kappa shape index (κ1) is 14.5. The smallest absolute Gasteiger partial charge is 0.258 e. The van der Waals surface area contributed by atoms with Crippen LogP contribution in [0, 0.1) is 13.8 Å². The summed E-state index contributed by atoms with van der Waals surface area (Å²) in [6.07, 6.45) is 0. The number of rotatable bonds is 6. The van der Waals surface area contributed by atoms with Crippen LogP contribution in [-0.2, 0) is 9.53 Å². The molecular weight excluding hydrogens is 230 g/mol. The average Bonchev–Trinajstić information content (AvgIpc) is 2.28. The molecule has 0 aliphatic carbocycles. The molecule has 0 radical (unpaired) electrons. The molecule has 4 nitrogen and oxygen atoms in total. The summed E-state index contributed by atoms with van der Waals surface area (Å²) in [5.41, 5.74) is 2.07. The summed E-state index contributed by atoms with van der Waals surface area (Å²) in [5.74, 6) is 0.647. The lowest BCUT2D eigenvalue weighted by atomic mass is 10.1. The first-order valence-electron chi connectivity index (χ1n) is 6.02. The normalized spacial score (nSPS) is 12.0. The van der Waals surface area contributed by atoms with Gasteiger partial charge in [-0.05, 0) is 31.9 Å². The van der Waals surface area contributed by atoms with Crippen LogP contribution in [0.3, 0.4) is 0 Å². The van der Waals surface area contributed by atoms with Gasteiger partial charge in [-0.2, -0.15) is 0 Å². The lowest BCUT2D eigenvalue weighted by Crippen LogP contribution is -2.38. The molecular formula is C14H21NO3. The summed E-state index contributed by atoms with van der Waals surface area (Å²) in [4.78, 5) is 11.6. The number of methoxy groups -OCH3 is 1. The van der Waals surface area contributed by atoms with Crippen LogP contribution < -0.4 is 10.1 Å². The number of nitrogens with one attached hydrogen (secondary N) is 1. The van der Waals surface area contributed by atoms with Crippen molar-refractivity contribution < 1.29 is 14.3 Å². The fourth-order valence-corrected chi connectivity index (χ4v) is 1.77. The van der Waals surface area contributed by atoms with Crippen molar-refractivity contribution in [3.63, 3.8) is 0 Å². The lowest BCUT2D eigenvalue weighted by Gasteiger charge is -2.15. The Morgan fingerprint density at radius 1 is 1.33 bits per heavy atom. The van der Waals surface area contributed by atoms with Gasteiger partial charge in [-0.25, -0.2) is 0 Å². The lowest BCUT2D eigenvalue weighted by molar-refractivity contribution is -0.124. The van der Waals surface area contributed by atoms with Crippen molar-refractivity contribution in [3.05, 3.63) is 29.3 Å². The second kappa shape index (κ2) is 7.01. The van der Waals surface area contributed by atoms with E-state index in [9.17, 15) is 4.79 Å². The van der Waals surface area contributed by atoms with Crippen molar-refractivity contribution in [3.8, 4) is 5.75 Å². The minimum atomic E-state index is -0.137. The van der Waals surface area contributed by atoms with Crippen molar-refractivity contribution >= 4 is 5.91 Å². The maximum absolute atomic E-state index is 11.6. The summed E-state index contributed by atoms with van der Waals surface area (Å²) in [6, 6.07) is 5.89. The zero-order valence-corrected chi connectivity index (χ0v) is 11.4. The van der Waals surface area contributed by atoms with Crippen LogP contribution in [0.15, 0.2) is 18.2 Å². The van der Waals surface area contributed by atoms with Gasteiger partial charge >= 0.3 is 0 Å². The molecule has 0 aliphatic heterocycles. The Morgan fingerprint density at radius 2 is 1.94 bits per heavy atom. The van der Waals surface area contributed by atoms with Gasteiger partial charge in [0.2, 0.25) is 0 Å². The van der Waals surface area contributed by atoms with E-state index in [4.69, 9.17) is 9.47 Å². The van der Waals surface area contributed by atoms with E-state index >= 15 is 0 Å². The van der Waals surface area contributed by atoms with Gasteiger partial charge in [0.15, 0.2) is 6.61 Å². The number of hydrogen-bond acceptors (Lipinski definition) is 3. The van der Waals surface area contributed by atoms with Gasteiger partial charge in [0, 0.05) is 13.2 Å². The van der Waals surface area contributed by atoms with E-state index in [0.717, 1.165) is 16.9 Å². The van der Waals surface area contributed by atoms with Crippen molar-refractivity contribution in [2.75, 3.05) is 20.3 Å². The van der Waals surface area contributed by atoms with E-state index in [0.29, 0.717) is 6.61 Å². The molecule has 0 heterocycles. The summed E-state index contributed by atoms with van der Waals surface area (Å²) >= 11 is 0. The molecule has 1 amide bonds. The monoisotopic (exact) mass is 251 g/mol. The quantitative estimate of drug-likeness (QED) is 0.839. The maximum Gasteiger partial charge on any atom is 0.258 e. The summed E-state index contributed by atoms with van der Waals surface area (Å²) in [5, 5.41) is 2.80. The van der Waals surface area contributed by atoms with Gasteiger partial charge in [-0.15, -0.1) is 0 Å². The van der Waals surface area contributed by atoms with Gasteiger partial charge in [0.1, 0.15) is 5.75 Å². The second-order valence-electron chi connectivity index (χ2n) is 4.43. The Balaban J connectivity index is 2.48. The van der Waals surface area contributed by atoms with Crippen LogP contribution >= 0.6 is 0 Å². The topological polar surface area (TPSA) is 47.6 Å². The maximum atomic E-state index is 11.6. The van der Waals surface area contributed by atoms with Crippen LogP contribution in [0.5, 0.6) is 5.75 Å². The molecule has 1 aromatic rings. The number of carbonyl (C=O) groups excluding carboxylic acids is 1. The minimum Gasteiger partial charge on any atom is -0.483 e. The van der Waals surface area contributed by atoms with E-state index in [1.165, 1.54) is 0 Å². The number of carbonyl (C=O) groups is 1. The highest BCUT2D eigenvalue weighted by Crippen LogP contribution is 2.21. The Hall–Kier alpha value is -1.55. The molecule has 100 valence electrons. The van der Waals surface area contributed by atoms with E-state index in [2.05, 4.69) is 5.32 Å². The van der Waals surface area contributed by atoms with E-state index < -0.39 is 0 Å². The molecule has 0 aliphatic rings. The first-order chi connectivity index (χ1) is 8.54. The molecule has 1 N–H and O–H groups in total. The van der Waals surface area contributed by atoms with E-state index in [1.807, 2.05) is 39.0 Å². The van der Waals surface area contributed by atoms with E-state index in [1.54, 1.807) is 7.11 Å². The van der Waals surface area contributed by atoms with Crippen molar-refractivity contribution in [2.45, 2.75) is 26.8 Å². The number of benzene rings is 1. The highest BCUT2D eigenvalue weighted by Gasteiger charge is 2.09. The highest BCUT2D eigenvalue weighted by atomic mass is 16.5. The molecule has 0 bridgehead atoms. The van der Waals surface area contributed by atoms with Crippen molar-refractivity contribution in [1.82, 2.24) is 5.32 Å². The minimum absolute atomic E-state index is 0.0101. The van der Waals surface area contributed by atoms with Gasteiger partial charge < -0.3 is 14.8 Å². The standard InChI is InChI=1S/C14H21NO3/c1-10-6-5-7-11(2)14(10)18-9-13(16)15-12(3)8-17-4/h5-7,12H,8-9H2,1-4H3,(H,15,16)/t12-/m1/s1. The third kappa shape index (κ3) is 4.37. The molecule has 0 unspecified atom stereocenters. The zero-order chi connectivity index (χ0) is 13.5. The molecule has 1 atom stereocenters. The van der Waals surface area contributed by atoms with Gasteiger partial charge in [-0.1, -0.05) is 18.2 Å². The Labute approximate surface area is 108 Å². The predicted molar refractivity (Wildman–Crippen MR) is 70.9 cm³/mol. The van der Waals surface area contributed by atoms with Crippen LogP contribution in [-0.4, -0.2) is 32.3 Å². The number of amides is 1. The Bertz CT molecular complexity index is 384. The SMILES string of the molecule is COC[C@@H](C)NC(=O)COc1c(C)cccc1C. The molecule has 0 aromatic heterocycles. The molecule has 18 heavy (non-hydrogen) atoms. The third-order valence-corrected chi connectivity index (χ3v) is 2.58. The molecule has 0 saturated heterocycles. The molecule has 4 heteroatoms. The summed E-state index contributed by atoms with van der Waals surface area (Å²) in [7, 11) is 1.61. The number of ether oxygens (including phenoxy) is 2. The molecule has 0 fully saturated rings. The first-order valence-corrected chi connectivity index (χ1v) is 6.02. The van der Waals surface area contributed by atoms with Crippen LogP contribution in [0.2, 0.25) is 0 Å². The number of para-hydroxylation sites is 1. The second-order valence-corrected chi connectivity index (χ2v) is 4.43. The summed E-state index contributed by atoms with van der Waals surface area (Å²) in [6.45, 7) is 6.34. The average molecular weight is 251 g/mol. The predicted octanol–water partition coefficient (Wildman–Crippen LogP) is 1.83. The Morgan fingerprint density at radius 3 is 2.50 bits per heavy atom. The van der Waals surface area contributed by atoms with Gasteiger partial charge in [0.05, 0.1) is 6.61 Å². The Kier molecular flexibility index (Phi) is 5.65. The largest absolute Gasteiger partial charge is 0.483 e. The van der Waals surface area contributed by atoms with Gasteiger partial charge in [0.25, 0.3) is 5.91 Å². The highest BCUT2D eigenvalue weighted by molar-refractivity contribution is 5.77. The molecule has 1 rings (SSSR count). The van der Waals surface area contributed by atoms with Crippen LogP contribution in [0.25, 0.3) is 0 Å². The fourth-order valence-electron chi connectivity index (χ4n) is 1.77. The number of hydrogen-bond donors (Lipinski definition) is 1. The van der Waals surface area contributed by atoms with E-state index in [-0.39, 0.29) is 18.6 Å². The van der Waals surface area contributed by atoms with Gasteiger partial charge in [-0.3, -0.25) is 4.79 Å². The zero-order valence-electron chi connectivity index (χ0n) is 11.4. The van der Waals surface area contributed by atoms with Crippen LogP contribution in [0.4, 0.5) is 0 Å². The number of aryl methyl sites for hydroxylation is 2. The third-order valence-electron chi connectivity index (χ3n) is 2.58.